The van der Waals surface area contributed by atoms with Crippen molar-refractivity contribution in [3.8, 4) is 22.6 Å². The van der Waals surface area contributed by atoms with Crippen molar-refractivity contribution in [1.82, 2.24) is 4.98 Å². The summed E-state index contributed by atoms with van der Waals surface area (Å²) >= 11 is 0. The van der Waals surface area contributed by atoms with Gasteiger partial charge in [0.25, 0.3) is 0 Å². The second-order valence-corrected chi connectivity index (χ2v) is 8.20. The molecule has 166 valence electrons. The van der Waals surface area contributed by atoms with Crippen LogP contribution in [0.25, 0.3) is 21.9 Å². The Morgan fingerprint density at radius 1 is 1.12 bits per heavy atom. The first kappa shape index (κ1) is 20.8. The Hall–Kier alpha value is -4.06. The van der Waals surface area contributed by atoms with E-state index in [0.29, 0.717) is 22.9 Å². The van der Waals surface area contributed by atoms with Crippen LogP contribution < -0.4 is 15.2 Å². The molecular weight excluding hydrogens is 416 g/mol. The molecule has 3 aromatic carbocycles. The molecule has 1 aromatic heterocycles. The molecule has 33 heavy (non-hydrogen) atoms. The van der Waals surface area contributed by atoms with Crippen LogP contribution in [-0.4, -0.2) is 23.2 Å². The summed E-state index contributed by atoms with van der Waals surface area (Å²) in [7, 11) is 1.58. The van der Waals surface area contributed by atoms with Crippen LogP contribution in [0.5, 0.6) is 11.5 Å². The highest BCUT2D eigenvalue weighted by Crippen LogP contribution is 2.40. The summed E-state index contributed by atoms with van der Waals surface area (Å²) in [6.07, 6.45) is 3.19. The third-order valence-electron chi connectivity index (χ3n) is 6.20. The number of aryl methyl sites for hydroxylation is 1. The fourth-order valence-corrected chi connectivity index (χ4v) is 4.57. The van der Waals surface area contributed by atoms with Crippen LogP contribution in [0, 0.1) is 0 Å². The van der Waals surface area contributed by atoms with E-state index in [1.165, 1.54) is 5.56 Å². The molecule has 6 heteroatoms. The van der Waals surface area contributed by atoms with Crippen LogP contribution in [0.4, 0.5) is 5.82 Å². The molecule has 0 bridgehead atoms. The van der Waals surface area contributed by atoms with Gasteiger partial charge >= 0.3 is 5.97 Å². The van der Waals surface area contributed by atoms with Crippen molar-refractivity contribution in [3.05, 3.63) is 83.6 Å². The minimum atomic E-state index is -0.899. The first-order valence-electron chi connectivity index (χ1n) is 10.9. The summed E-state index contributed by atoms with van der Waals surface area (Å²) < 4.78 is 11.7. The number of nitrogen functional groups attached to an aromatic ring is 1. The van der Waals surface area contributed by atoms with Gasteiger partial charge in [-0.2, -0.15) is 0 Å². The standard InChI is InChI=1S/C27H24N2O4/c1-32-19-9-7-18(14-26(30)31)25(15-19)33-24-10-8-16-5-6-17(13-23(16)24)20-3-2-4-22-21(20)11-12-29-27(22)28/h2-7,9,11-13,15,24H,8,10,14H2,1H3,(H2,28,29)(H,30,31)/t24-/m1/s1. The van der Waals surface area contributed by atoms with E-state index in [4.69, 9.17) is 15.2 Å². The fourth-order valence-electron chi connectivity index (χ4n) is 4.57. The Bertz CT molecular complexity index is 1370. The lowest BCUT2D eigenvalue weighted by Crippen LogP contribution is -2.08. The highest BCUT2D eigenvalue weighted by atomic mass is 16.5. The van der Waals surface area contributed by atoms with Crippen molar-refractivity contribution in [3.63, 3.8) is 0 Å². The van der Waals surface area contributed by atoms with Gasteiger partial charge in [-0.1, -0.05) is 36.4 Å². The van der Waals surface area contributed by atoms with E-state index in [-0.39, 0.29) is 12.5 Å². The third-order valence-corrected chi connectivity index (χ3v) is 6.20. The number of pyridine rings is 1. The quantitative estimate of drug-likeness (QED) is 0.429. The summed E-state index contributed by atoms with van der Waals surface area (Å²) in [4.78, 5) is 15.6. The maximum absolute atomic E-state index is 11.3. The number of carboxylic acid groups (broad SMARTS) is 1. The van der Waals surface area contributed by atoms with Gasteiger partial charge in [0.1, 0.15) is 23.4 Å². The van der Waals surface area contributed by atoms with Gasteiger partial charge in [-0.15, -0.1) is 0 Å². The lowest BCUT2D eigenvalue weighted by atomic mass is 9.96. The zero-order valence-corrected chi connectivity index (χ0v) is 18.2. The smallest absolute Gasteiger partial charge is 0.307 e. The molecule has 0 saturated heterocycles. The van der Waals surface area contributed by atoms with E-state index in [0.717, 1.165) is 40.3 Å². The average molecular weight is 440 g/mol. The highest BCUT2D eigenvalue weighted by Gasteiger charge is 2.26. The molecule has 1 aliphatic rings. The highest BCUT2D eigenvalue weighted by molar-refractivity contribution is 6.01. The van der Waals surface area contributed by atoms with Crippen molar-refractivity contribution < 1.29 is 19.4 Å². The first-order valence-corrected chi connectivity index (χ1v) is 10.9. The normalized spacial score (nSPS) is 14.8. The number of methoxy groups -OCH3 is 1. The molecule has 5 rings (SSSR count). The Morgan fingerprint density at radius 3 is 2.82 bits per heavy atom. The topological polar surface area (TPSA) is 94.7 Å². The molecule has 0 radical (unpaired) electrons. The Labute approximate surface area is 191 Å². The Kier molecular flexibility index (Phi) is 5.34. The van der Waals surface area contributed by atoms with Crippen LogP contribution in [0.3, 0.4) is 0 Å². The van der Waals surface area contributed by atoms with E-state index < -0.39 is 5.97 Å². The van der Waals surface area contributed by atoms with E-state index in [1.54, 1.807) is 31.5 Å². The van der Waals surface area contributed by atoms with E-state index in [2.05, 4.69) is 29.2 Å². The maximum atomic E-state index is 11.3. The molecule has 0 fully saturated rings. The van der Waals surface area contributed by atoms with Crippen molar-refractivity contribution in [2.75, 3.05) is 12.8 Å². The van der Waals surface area contributed by atoms with Crippen LogP contribution in [0.15, 0.2) is 66.9 Å². The number of aromatic nitrogens is 1. The Morgan fingerprint density at radius 2 is 2.00 bits per heavy atom. The number of aliphatic carboxylic acids is 1. The number of nitrogens with zero attached hydrogens (tertiary/aromatic N) is 1. The SMILES string of the molecule is COc1ccc(CC(=O)O)c(O[C@@H]2CCc3ccc(-c4cccc5c(N)nccc45)cc32)c1. The Balaban J connectivity index is 1.53. The number of benzene rings is 3. The van der Waals surface area contributed by atoms with Crippen LogP contribution in [0.1, 0.15) is 29.2 Å². The number of carbonyl (C=O) groups is 1. The molecule has 4 aromatic rings. The van der Waals surface area contributed by atoms with Crippen LogP contribution in [0.2, 0.25) is 0 Å². The monoisotopic (exact) mass is 440 g/mol. The number of fused-ring (bicyclic) bond motifs is 2. The number of carboxylic acids is 1. The van der Waals surface area contributed by atoms with Crippen molar-refractivity contribution >= 4 is 22.6 Å². The third kappa shape index (κ3) is 3.96. The van der Waals surface area contributed by atoms with E-state index in [9.17, 15) is 9.90 Å². The van der Waals surface area contributed by atoms with E-state index >= 15 is 0 Å². The molecule has 6 nitrogen and oxygen atoms in total. The molecule has 1 heterocycles. The summed E-state index contributed by atoms with van der Waals surface area (Å²) in [5, 5.41) is 11.3. The number of hydrogen-bond donors (Lipinski definition) is 2. The van der Waals surface area contributed by atoms with Crippen LogP contribution in [-0.2, 0) is 17.6 Å². The summed E-state index contributed by atoms with van der Waals surface area (Å²) in [5.41, 5.74) is 11.3. The number of hydrogen-bond acceptors (Lipinski definition) is 5. The summed E-state index contributed by atoms with van der Waals surface area (Å²) in [6.45, 7) is 0. The average Bonchev–Trinajstić information content (AvgIpc) is 3.22. The zero-order chi connectivity index (χ0) is 22.9. The van der Waals surface area contributed by atoms with Crippen molar-refractivity contribution in [2.24, 2.45) is 0 Å². The van der Waals surface area contributed by atoms with Gasteiger partial charge in [0.2, 0.25) is 0 Å². The second kappa shape index (κ2) is 8.47. The van der Waals surface area contributed by atoms with Crippen LogP contribution >= 0.6 is 0 Å². The van der Waals surface area contributed by atoms with Gasteiger partial charge in [-0.3, -0.25) is 4.79 Å². The zero-order valence-electron chi connectivity index (χ0n) is 18.2. The van der Waals surface area contributed by atoms with Gasteiger partial charge in [-0.05, 0) is 58.7 Å². The van der Waals surface area contributed by atoms with Crippen molar-refractivity contribution in [1.29, 1.82) is 0 Å². The van der Waals surface area contributed by atoms with Gasteiger partial charge in [0.15, 0.2) is 0 Å². The molecule has 0 unspecified atom stereocenters. The molecule has 0 spiro atoms. The first-order chi connectivity index (χ1) is 16.0. The van der Waals surface area contributed by atoms with Gasteiger partial charge < -0.3 is 20.3 Å². The minimum Gasteiger partial charge on any atom is -0.497 e. The summed E-state index contributed by atoms with van der Waals surface area (Å²) in [5.74, 6) is 0.793. The molecule has 0 saturated carbocycles. The molecule has 1 atom stereocenters. The fraction of sp³-hybridized carbons (Fsp3) is 0.185. The molecule has 3 N–H and O–H groups in total. The maximum Gasteiger partial charge on any atom is 0.307 e. The number of rotatable bonds is 6. The predicted octanol–water partition coefficient (Wildman–Crippen LogP) is 5.19. The minimum absolute atomic E-state index is 0.107. The second-order valence-electron chi connectivity index (χ2n) is 8.20. The predicted molar refractivity (Wildman–Crippen MR) is 128 cm³/mol. The number of ether oxygens (including phenoxy) is 2. The number of nitrogens with two attached hydrogens (primary N) is 1. The van der Waals surface area contributed by atoms with Gasteiger partial charge in [-0.25, -0.2) is 4.98 Å². The van der Waals surface area contributed by atoms with Crippen molar-refractivity contribution in [2.45, 2.75) is 25.4 Å². The molecule has 0 aliphatic heterocycles. The van der Waals surface area contributed by atoms with Gasteiger partial charge in [0, 0.05) is 23.2 Å². The summed E-state index contributed by atoms with van der Waals surface area (Å²) in [6, 6.07) is 19.8. The largest absolute Gasteiger partial charge is 0.497 e. The van der Waals surface area contributed by atoms with E-state index in [1.807, 2.05) is 18.2 Å². The lowest BCUT2D eigenvalue weighted by molar-refractivity contribution is -0.136. The lowest BCUT2D eigenvalue weighted by Gasteiger charge is -2.19. The molecule has 0 amide bonds. The molecule has 1 aliphatic carbocycles. The molecular formula is C27H24N2O4. The number of anilines is 1. The van der Waals surface area contributed by atoms with Gasteiger partial charge in [0.05, 0.1) is 13.5 Å².